The molecule has 4 aromatic rings. The first-order valence-corrected chi connectivity index (χ1v) is 11.8. The van der Waals surface area contributed by atoms with Crippen LogP contribution >= 0.6 is 0 Å². The standard InChI is InChI=1S/C27H29N5O2/c33-22-12-10-21(11-13-22)29-25-14-15-26(31-30-25)32-18-20(23-8-4-5-9-24(23)32)16-27(34)28-17-19-6-2-1-3-7-19/h1-9,14-15,18,21-22,33H,10-13,16-17H2,(H,28,34)(H,29,30). The molecule has 2 heterocycles. The predicted molar refractivity (Wildman–Crippen MR) is 133 cm³/mol. The van der Waals surface area contributed by atoms with Gasteiger partial charge in [0.1, 0.15) is 5.82 Å². The largest absolute Gasteiger partial charge is 0.393 e. The number of hydrogen-bond acceptors (Lipinski definition) is 5. The van der Waals surface area contributed by atoms with Crippen LogP contribution in [0.4, 0.5) is 5.82 Å². The Bertz CT molecular complexity index is 1250. The van der Waals surface area contributed by atoms with E-state index in [1.54, 1.807) is 0 Å². The van der Waals surface area contributed by atoms with Crippen molar-refractivity contribution in [1.29, 1.82) is 0 Å². The second-order valence-electron chi connectivity index (χ2n) is 8.91. The zero-order valence-corrected chi connectivity index (χ0v) is 19.0. The van der Waals surface area contributed by atoms with E-state index in [9.17, 15) is 9.90 Å². The van der Waals surface area contributed by atoms with Gasteiger partial charge in [-0.15, -0.1) is 10.2 Å². The summed E-state index contributed by atoms with van der Waals surface area (Å²) in [6.45, 7) is 0.512. The quantitative estimate of drug-likeness (QED) is 0.392. The molecule has 2 aromatic heterocycles. The lowest BCUT2D eigenvalue weighted by Gasteiger charge is -2.26. The number of aromatic nitrogens is 3. The number of nitrogens with one attached hydrogen (secondary N) is 2. The van der Waals surface area contributed by atoms with Crippen molar-refractivity contribution in [2.24, 2.45) is 0 Å². The first kappa shape index (κ1) is 22.1. The fourth-order valence-electron chi connectivity index (χ4n) is 4.57. The lowest BCUT2D eigenvalue weighted by Crippen LogP contribution is -2.28. The van der Waals surface area contributed by atoms with Gasteiger partial charge in [0, 0.05) is 24.2 Å². The molecule has 1 fully saturated rings. The van der Waals surface area contributed by atoms with E-state index in [4.69, 9.17) is 0 Å². The Kier molecular flexibility index (Phi) is 6.53. The van der Waals surface area contributed by atoms with E-state index in [2.05, 4.69) is 20.8 Å². The second-order valence-corrected chi connectivity index (χ2v) is 8.91. The summed E-state index contributed by atoms with van der Waals surface area (Å²) in [4.78, 5) is 12.7. The molecule has 0 saturated heterocycles. The van der Waals surface area contributed by atoms with E-state index in [-0.39, 0.29) is 12.0 Å². The maximum Gasteiger partial charge on any atom is 0.224 e. The number of carbonyl (C=O) groups excluding carboxylic acids is 1. The molecule has 1 aliphatic carbocycles. The minimum atomic E-state index is -0.178. The van der Waals surface area contributed by atoms with Gasteiger partial charge < -0.3 is 15.7 Å². The SMILES string of the molecule is O=C(Cc1cn(-c2ccc(NC3CCC(O)CC3)nn2)c2ccccc12)NCc1ccccc1. The van der Waals surface area contributed by atoms with Gasteiger partial charge in [-0.1, -0.05) is 48.5 Å². The number of rotatable bonds is 7. The van der Waals surface area contributed by atoms with Crippen LogP contribution in [0.1, 0.15) is 36.8 Å². The molecule has 0 bridgehead atoms. The Morgan fingerprint density at radius 1 is 0.941 bits per heavy atom. The molecule has 5 rings (SSSR count). The van der Waals surface area contributed by atoms with Gasteiger partial charge in [0.05, 0.1) is 18.0 Å². The van der Waals surface area contributed by atoms with E-state index >= 15 is 0 Å². The van der Waals surface area contributed by atoms with Crippen molar-refractivity contribution in [3.8, 4) is 5.82 Å². The average molecular weight is 456 g/mol. The van der Waals surface area contributed by atoms with Gasteiger partial charge in [-0.3, -0.25) is 9.36 Å². The third-order valence-corrected chi connectivity index (χ3v) is 6.42. The highest BCUT2D eigenvalue weighted by molar-refractivity contribution is 5.90. The molecule has 0 radical (unpaired) electrons. The normalized spacial score (nSPS) is 18.0. The van der Waals surface area contributed by atoms with Crippen LogP contribution in [-0.2, 0) is 17.8 Å². The lowest BCUT2D eigenvalue weighted by molar-refractivity contribution is -0.120. The first-order valence-electron chi connectivity index (χ1n) is 11.8. The summed E-state index contributed by atoms with van der Waals surface area (Å²) in [5.41, 5.74) is 3.02. The van der Waals surface area contributed by atoms with Crippen molar-refractivity contribution in [1.82, 2.24) is 20.1 Å². The zero-order chi connectivity index (χ0) is 23.3. The van der Waals surface area contributed by atoms with E-state index in [1.165, 1.54) is 0 Å². The molecule has 0 aliphatic heterocycles. The Morgan fingerprint density at radius 3 is 2.47 bits per heavy atom. The van der Waals surface area contributed by atoms with Crippen LogP contribution in [0.2, 0.25) is 0 Å². The maximum absolute atomic E-state index is 12.7. The number of carbonyl (C=O) groups is 1. The van der Waals surface area contributed by atoms with Gasteiger partial charge in [0.25, 0.3) is 0 Å². The summed E-state index contributed by atoms with van der Waals surface area (Å²) < 4.78 is 1.99. The molecule has 1 saturated carbocycles. The summed E-state index contributed by atoms with van der Waals surface area (Å²) in [6.07, 6.45) is 5.60. The summed E-state index contributed by atoms with van der Waals surface area (Å²) in [5.74, 6) is 1.42. The molecule has 7 nitrogen and oxygen atoms in total. The number of para-hydroxylation sites is 1. The number of anilines is 1. The van der Waals surface area contributed by atoms with E-state index in [0.717, 1.165) is 53.5 Å². The number of aliphatic hydroxyl groups excluding tert-OH is 1. The molecule has 174 valence electrons. The highest BCUT2D eigenvalue weighted by atomic mass is 16.3. The van der Waals surface area contributed by atoms with Crippen LogP contribution in [0.3, 0.4) is 0 Å². The Hall–Kier alpha value is -3.71. The fourth-order valence-corrected chi connectivity index (χ4v) is 4.57. The van der Waals surface area contributed by atoms with Gasteiger partial charge in [-0.25, -0.2) is 0 Å². The zero-order valence-electron chi connectivity index (χ0n) is 19.0. The summed E-state index contributed by atoms with van der Waals surface area (Å²) in [6, 6.07) is 22.1. The first-order chi connectivity index (χ1) is 16.7. The number of amides is 1. The van der Waals surface area contributed by atoms with Gasteiger partial charge >= 0.3 is 0 Å². The molecule has 0 atom stereocenters. The van der Waals surface area contributed by atoms with Crippen LogP contribution in [0.25, 0.3) is 16.7 Å². The van der Waals surface area contributed by atoms with E-state index in [0.29, 0.717) is 24.8 Å². The average Bonchev–Trinajstić information content (AvgIpc) is 3.23. The maximum atomic E-state index is 12.7. The molecular weight excluding hydrogens is 426 g/mol. The predicted octanol–water partition coefficient (Wildman–Crippen LogP) is 3.99. The van der Waals surface area contributed by atoms with Crippen molar-refractivity contribution in [2.75, 3.05) is 5.32 Å². The van der Waals surface area contributed by atoms with Gasteiger partial charge in [-0.2, -0.15) is 0 Å². The van der Waals surface area contributed by atoms with Crippen molar-refractivity contribution >= 4 is 22.6 Å². The van der Waals surface area contributed by atoms with Crippen LogP contribution in [0.15, 0.2) is 72.9 Å². The number of nitrogens with zero attached hydrogens (tertiary/aromatic N) is 3. The Balaban J connectivity index is 1.30. The lowest BCUT2D eigenvalue weighted by atomic mass is 9.93. The Morgan fingerprint density at radius 2 is 1.71 bits per heavy atom. The second kappa shape index (κ2) is 10.1. The minimum Gasteiger partial charge on any atom is -0.393 e. The third kappa shape index (κ3) is 5.10. The summed E-state index contributed by atoms with van der Waals surface area (Å²) >= 11 is 0. The van der Waals surface area contributed by atoms with E-state index < -0.39 is 0 Å². The highest BCUT2D eigenvalue weighted by Gasteiger charge is 2.20. The van der Waals surface area contributed by atoms with Crippen molar-refractivity contribution in [3.05, 3.63) is 84.1 Å². The molecule has 0 spiro atoms. The van der Waals surface area contributed by atoms with Crippen LogP contribution in [0.5, 0.6) is 0 Å². The molecule has 1 aliphatic rings. The van der Waals surface area contributed by atoms with Crippen LogP contribution in [0, 0.1) is 0 Å². The van der Waals surface area contributed by atoms with E-state index in [1.807, 2.05) is 77.5 Å². The van der Waals surface area contributed by atoms with Crippen molar-refractivity contribution in [3.63, 3.8) is 0 Å². The number of hydrogen-bond donors (Lipinski definition) is 3. The fraction of sp³-hybridized carbons (Fsp3) is 0.296. The van der Waals surface area contributed by atoms with Crippen LogP contribution in [-0.4, -0.2) is 37.9 Å². The van der Waals surface area contributed by atoms with Gasteiger partial charge in [0.2, 0.25) is 5.91 Å². The topological polar surface area (TPSA) is 92.1 Å². The Labute approximate surface area is 198 Å². The molecule has 0 unspecified atom stereocenters. The van der Waals surface area contributed by atoms with Gasteiger partial charge in [0.15, 0.2) is 5.82 Å². The molecule has 7 heteroatoms. The van der Waals surface area contributed by atoms with Crippen LogP contribution < -0.4 is 10.6 Å². The van der Waals surface area contributed by atoms with Gasteiger partial charge in [-0.05, 0) is 55.0 Å². The summed E-state index contributed by atoms with van der Waals surface area (Å²) in [5, 5.41) is 26.0. The molecule has 2 aromatic carbocycles. The highest BCUT2D eigenvalue weighted by Crippen LogP contribution is 2.25. The molecular formula is C27H29N5O2. The number of fused-ring (bicyclic) bond motifs is 1. The monoisotopic (exact) mass is 455 g/mol. The summed E-state index contributed by atoms with van der Waals surface area (Å²) in [7, 11) is 0. The minimum absolute atomic E-state index is 0.0185. The van der Waals surface area contributed by atoms with Crippen molar-refractivity contribution in [2.45, 2.75) is 50.8 Å². The number of benzene rings is 2. The smallest absolute Gasteiger partial charge is 0.224 e. The number of aliphatic hydroxyl groups is 1. The van der Waals surface area contributed by atoms with Crippen molar-refractivity contribution < 1.29 is 9.90 Å². The molecule has 1 amide bonds. The molecule has 3 N–H and O–H groups in total. The molecule has 34 heavy (non-hydrogen) atoms. The third-order valence-electron chi connectivity index (χ3n) is 6.42.